The minimum atomic E-state index is 0.903. The number of hydrogen-bond acceptors (Lipinski definition) is 6. The van der Waals surface area contributed by atoms with Crippen LogP contribution in [0, 0.1) is 0 Å². The van der Waals surface area contributed by atoms with Gasteiger partial charge in [0.15, 0.2) is 0 Å². The lowest BCUT2D eigenvalue weighted by Crippen LogP contribution is -2.32. The van der Waals surface area contributed by atoms with Crippen LogP contribution in [0.3, 0.4) is 0 Å². The molecule has 2 aromatic carbocycles. The number of hydrogen-bond donors (Lipinski definition) is 3. The summed E-state index contributed by atoms with van der Waals surface area (Å²) in [5, 5.41) is 14.0. The third-order valence-corrected chi connectivity index (χ3v) is 4.89. The molecule has 6 heteroatoms. The number of anilines is 3. The third-order valence-electron chi connectivity index (χ3n) is 4.89. The molecule has 26 heavy (non-hydrogen) atoms. The van der Waals surface area contributed by atoms with E-state index < -0.39 is 0 Å². The van der Waals surface area contributed by atoms with Crippen molar-refractivity contribution >= 4 is 38.6 Å². The molecule has 0 fully saturated rings. The normalized spacial score (nSPS) is 13.0. The molecule has 3 aromatic rings. The first-order valence-corrected chi connectivity index (χ1v) is 9.10. The van der Waals surface area contributed by atoms with Crippen molar-refractivity contribution in [2.45, 2.75) is 0 Å². The Morgan fingerprint density at radius 3 is 2.85 bits per heavy atom. The number of pyridine rings is 1. The van der Waals surface area contributed by atoms with E-state index in [-0.39, 0.29) is 0 Å². The van der Waals surface area contributed by atoms with E-state index in [0.717, 1.165) is 31.6 Å². The van der Waals surface area contributed by atoms with Gasteiger partial charge in [0.1, 0.15) is 0 Å². The van der Waals surface area contributed by atoms with Crippen molar-refractivity contribution in [2.75, 3.05) is 63.1 Å². The lowest BCUT2D eigenvalue weighted by atomic mass is 10.0. The van der Waals surface area contributed by atoms with Gasteiger partial charge in [0.25, 0.3) is 0 Å². The van der Waals surface area contributed by atoms with Gasteiger partial charge in [-0.2, -0.15) is 0 Å². The number of benzene rings is 2. The van der Waals surface area contributed by atoms with E-state index in [9.17, 15) is 0 Å². The van der Waals surface area contributed by atoms with E-state index in [2.05, 4.69) is 69.3 Å². The van der Waals surface area contributed by atoms with Crippen LogP contribution in [0.15, 0.2) is 36.7 Å². The first-order valence-electron chi connectivity index (χ1n) is 9.10. The Balaban J connectivity index is 1.83. The molecule has 0 amide bonds. The molecule has 1 aromatic heterocycles. The van der Waals surface area contributed by atoms with Gasteiger partial charge in [-0.05, 0) is 45.4 Å². The fourth-order valence-electron chi connectivity index (χ4n) is 3.56. The number of likely N-dealkylation sites (N-methyl/N-ethyl adjacent to an activating group) is 2. The highest BCUT2D eigenvalue weighted by Crippen LogP contribution is 2.45. The summed E-state index contributed by atoms with van der Waals surface area (Å²) in [5.41, 5.74) is 7.21. The van der Waals surface area contributed by atoms with Crippen molar-refractivity contribution in [1.29, 1.82) is 0 Å². The molecule has 1 aliphatic rings. The smallest absolute Gasteiger partial charge is 0.0722 e. The summed E-state index contributed by atoms with van der Waals surface area (Å²) in [6.45, 7) is 3.74. The molecule has 0 spiro atoms. The van der Waals surface area contributed by atoms with Crippen LogP contribution in [0.5, 0.6) is 0 Å². The van der Waals surface area contributed by atoms with E-state index in [1.54, 1.807) is 0 Å². The molecule has 0 unspecified atom stereocenters. The SMILES string of the molecule is CNCCN1Nc2c3ccncc3cc3c(NCCN(C)C)ccc1c23. The lowest BCUT2D eigenvalue weighted by molar-refractivity contribution is 0.425. The number of fused-ring (bicyclic) bond motifs is 2. The summed E-state index contributed by atoms with van der Waals surface area (Å²) in [6, 6.07) is 8.76. The molecule has 0 bridgehead atoms. The molecule has 3 N–H and O–H groups in total. The molecular formula is C20H26N6. The Morgan fingerprint density at radius 1 is 1.15 bits per heavy atom. The summed E-state index contributed by atoms with van der Waals surface area (Å²) in [4.78, 5) is 6.51. The Labute approximate surface area is 154 Å². The van der Waals surface area contributed by atoms with E-state index in [4.69, 9.17) is 0 Å². The van der Waals surface area contributed by atoms with Crippen LogP contribution < -0.4 is 21.1 Å². The standard InChI is InChI=1S/C20H26N6/c1-21-8-11-26-18-5-4-17(23-9-10-25(2)3)16-12-14-13-22-7-6-15(14)20(24-26)19(16)18/h4-7,12-13,21,23-24H,8-11H2,1-3H3. The maximum absolute atomic E-state index is 4.32. The molecule has 0 atom stereocenters. The monoisotopic (exact) mass is 350 g/mol. The van der Waals surface area contributed by atoms with Crippen LogP contribution in [0.2, 0.25) is 0 Å². The minimum Gasteiger partial charge on any atom is -0.383 e. The number of rotatable bonds is 7. The largest absolute Gasteiger partial charge is 0.383 e. The second-order valence-corrected chi connectivity index (χ2v) is 7.00. The molecule has 4 rings (SSSR count). The Kier molecular flexibility index (Phi) is 4.53. The summed E-state index contributed by atoms with van der Waals surface area (Å²) in [6.07, 6.45) is 3.81. The van der Waals surface area contributed by atoms with Gasteiger partial charge in [0.2, 0.25) is 0 Å². The lowest BCUT2D eigenvalue weighted by Gasteiger charge is -2.20. The first-order chi connectivity index (χ1) is 12.7. The van der Waals surface area contributed by atoms with Gasteiger partial charge < -0.3 is 15.5 Å². The average molecular weight is 350 g/mol. The second kappa shape index (κ2) is 6.97. The highest BCUT2D eigenvalue weighted by molar-refractivity contribution is 6.21. The molecule has 0 radical (unpaired) electrons. The van der Waals surface area contributed by atoms with Gasteiger partial charge in [-0.3, -0.25) is 15.4 Å². The van der Waals surface area contributed by atoms with E-state index in [1.165, 1.54) is 33.2 Å². The zero-order chi connectivity index (χ0) is 18.1. The van der Waals surface area contributed by atoms with Crippen LogP contribution in [0.4, 0.5) is 17.1 Å². The van der Waals surface area contributed by atoms with Crippen LogP contribution in [0.25, 0.3) is 21.5 Å². The molecular weight excluding hydrogens is 324 g/mol. The average Bonchev–Trinajstić information content (AvgIpc) is 3.01. The molecule has 2 heterocycles. The van der Waals surface area contributed by atoms with Gasteiger partial charge in [-0.1, -0.05) is 0 Å². The topological polar surface area (TPSA) is 55.5 Å². The third kappa shape index (κ3) is 2.91. The molecule has 0 aliphatic carbocycles. The summed E-state index contributed by atoms with van der Waals surface area (Å²) < 4.78 is 0. The van der Waals surface area contributed by atoms with Gasteiger partial charge in [0.05, 0.1) is 17.9 Å². The van der Waals surface area contributed by atoms with Crippen LogP contribution in [-0.2, 0) is 0 Å². The maximum Gasteiger partial charge on any atom is 0.0722 e. The van der Waals surface area contributed by atoms with Crippen molar-refractivity contribution in [1.82, 2.24) is 15.2 Å². The first kappa shape index (κ1) is 16.9. The van der Waals surface area contributed by atoms with Crippen molar-refractivity contribution in [3.8, 4) is 0 Å². The second-order valence-electron chi connectivity index (χ2n) is 7.00. The minimum absolute atomic E-state index is 0.903. The highest BCUT2D eigenvalue weighted by Gasteiger charge is 2.24. The zero-order valence-electron chi connectivity index (χ0n) is 15.6. The zero-order valence-corrected chi connectivity index (χ0v) is 15.6. The Hall–Kier alpha value is -2.57. The summed E-state index contributed by atoms with van der Waals surface area (Å²) in [7, 11) is 6.17. The summed E-state index contributed by atoms with van der Waals surface area (Å²) >= 11 is 0. The van der Waals surface area contributed by atoms with Crippen molar-refractivity contribution in [3.63, 3.8) is 0 Å². The summed E-state index contributed by atoms with van der Waals surface area (Å²) in [5.74, 6) is 0. The van der Waals surface area contributed by atoms with E-state index >= 15 is 0 Å². The van der Waals surface area contributed by atoms with Crippen LogP contribution in [-0.4, -0.2) is 57.2 Å². The number of nitrogens with one attached hydrogen (secondary N) is 3. The fourth-order valence-corrected chi connectivity index (χ4v) is 3.56. The van der Waals surface area contributed by atoms with Crippen molar-refractivity contribution in [3.05, 3.63) is 36.7 Å². The molecule has 6 nitrogen and oxygen atoms in total. The number of nitrogens with zero attached hydrogens (tertiary/aromatic N) is 3. The molecule has 136 valence electrons. The van der Waals surface area contributed by atoms with Gasteiger partial charge in [-0.25, -0.2) is 0 Å². The number of hydrazine groups is 1. The van der Waals surface area contributed by atoms with E-state index in [1.807, 2.05) is 19.4 Å². The predicted octanol–water partition coefficient (Wildman–Crippen LogP) is 2.73. The van der Waals surface area contributed by atoms with Gasteiger partial charge in [0, 0.05) is 59.3 Å². The number of aromatic nitrogens is 1. The predicted molar refractivity (Wildman–Crippen MR) is 111 cm³/mol. The fraction of sp³-hybridized carbons (Fsp3) is 0.350. The Bertz CT molecular complexity index is 936. The van der Waals surface area contributed by atoms with E-state index in [0.29, 0.717) is 0 Å². The maximum atomic E-state index is 4.32. The van der Waals surface area contributed by atoms with Gasteiger partial charge >= 0.3 is 0 Å². The van der Waals surface area contributed by atoms with Crippen LogP contribution >= 0.6 is 0 Å². The molecule has 0 saturated heterocycles. The van der Waals surface area contributed by atoms with Crippen molar-refractivity contribution < 1.29 is 0 Å². The highest BCUT2D eigenvalue weighted by atomic mass is 15.5. The van der Waals surface area contributed by atoms with Gasteiger partial charge in [-0.15, -0.1) is 0 Å². The quantitative estimate of drug-likeness (QED) is 0.570. The molecule has 1 aliphatic heterocycles. The Morgan fingerprint density at radius 2 is 2.04 bits per heavy atom. The van der Waals surface area contributed by atoms with Crippen LogP contribution in [0.1, 0.15) is 0 Å². The van der Waals surface area contributed by atoms with Crippen molar-refractivity contribution in [2.24, 2.45) is 0 Å². The molecule has 0 saturated carbocycles.